The first-order valence-corrected chi connectivity index (χ1v) is 10.5. The number of rotatable bonds is 5. The lowest BCUT2D eigenvalue weighted by atomic mass is 9.83. The van der Waals surface area contributed by atoms with Gasteiger partial charge in [-0.2, -0.15) is 0 Å². The Bertz CT molecular complexity index is 1240. The fourth-order valence-corrected chi connectivity index (χ4v) is 4.30. The molecule has 4 nitrogen and oxygen atoms in total. The highest BCUT2D eigenvalue weighted by molar-refractivity contribution is 5.97. The van der Waals surface area contributed by atoms with E-state index in [1.54, 1.807) is 21.3 Å². The topological polar surface area (TPSA) is 36.9 Å². The van der Waals surface area contributed by atoms with Crippen LogP contribution < -0.4 is 18.9 Å². The van der Waals surface area contributed by atoms with Gasteiger partial charge in [0.15, 0.2) is 5.60 Å². The van der Waals surface area contributed by atoms with Crippen molar-refractivity contribution in [2.75, 3.05) is 21.3 Å². The molecule has 0 saturated carbocycles. The molecule has 160 valence electrons. The van der Waals surface area contributed by atoms with E-state index in [2.05, 4.69) is 24.3 Å². The molecule has 0 atom stereocenters. The third-order valence-corrected chi connectivity index (χ3v) is 6.00. The zero-order valence-corrected chi connectivity index (χ0v) is 18.3. The Balaban J connectivity index is 1.74. The van der Waals surface area contributed by atoms with Crippen LogP contribution in [0.4, 0.5) is 0 Å². The predicted molar refractivity (Wildman–Crippen MR) is 127 cm³/mol. The average Bonchev–Trinajstić information content (AvgIpc) is 2.88. The van der Waals surface area contributed by atoms with Crippen molar-refractivity contribution in [3.8, 4) is 23.0 Å². The van der Waals surface area contributed by atoms with Crippen molar-refractivity contribution in [2.45, 2.75) is 5.60 Å². The maximum absolute atomic E-state index is 6.93. The SMILES string of the molecule is COc1ccc(C2(c3ccc(OC)cc3)C=Cc3cc(OC)c4ccccc4c3O2)cc1. The Kier molecular flexibility index (Phi) is 4.98. The molecule has 0 aromatic heterocycles. The van der Waals surface area contributed by atoms with Gasteiger partial charge < -0.3 is 18.9 Å². The van der Waals surface area contributed by atoms with E-state index in [1.807, 2.05) is 66.7 Å². The summed E-state index contributed by atoms with van der Waals surface area (Å²) in [6.45, 7) is 0. The molecule has 32 heavy (non-hydrogen) atoms. The Morgan fingerprint density at radius 3 is 1.75 bits per heavy atom. The van der Waals surface area contributed by atoms with Gasteiger partial charge in [0.05, 0.1) is 21.3 Å². The van der Waals surface area contributed by atoms with Crippen molar-refractivity contribution in [3.63, 3.8) is 0 Å². The van der Waals surface area contributed by atoms with Crippen molar-refractivity contribution >= 4 is 16.8 Å². The fourth-order valence-electron chi connectivity index (χ4n) is 4.30. The minimum atomic E-state index is -0.803. The highest BCUT2D eigenvalue weighted by Crippen LogP contribution is 2.47. The molecule has 0 aliphatic carbocycles. The quantitative estimate of drug-likeness (QED) is 0.381. The molecule has 4 heteroatoms. The minimum absolute atomic E-state index is 0.800. The standard InChI is InChI=1S/C28H24O4/c1-29-22-12-8-20(9-13-22)28(21-10-14-23(30-2)15-11-21)17-16-19-18-26(31-3)24-6-4-5-7-25(24)27(19)32-28/h4-18H,1-3H3. The number of benzene rings is 4. The van der Waals surface area contributed by atoms with Gasteiger partial charge in [-0.3, -0.25) is 0 Å². The summed E-state index contributed by atoms with van der Waals surface area (Å²) in [7, 11) is 5.03. The Morgan fingerprint density at radius 1 is 0.656 bits per heavy atom. The summed E-state index contributed by atoms with van der Waals surface area (Å²) in [6.07, 6.45) is 4.22. The molecule has 0 spiro atoms. The smallest absolute Gasteiger partial charge is 0.178 e. The van der Waals surface area contributed by atoms with Gasteiger partial charge in [0.2, 0.25) is 0 Å². The third kappa shape index (κ3) is 3.16. The summed E-state index contributed by atoms with van der Waals surface area (Å²) >= 11 is 0. The predicted octanol–water partition coefficient (Wildman–Crippen LogP) is 6.22. The summed E-state index contributed by atoms with van der Waals surface area (Å²) in [5.74, 6) is 3.26. The monoisotopic (exact) mass is 424 g/mol. The molecule has 0 unspecified atom stereocenters. The van der Waals surface area contributed by atoms with E-state index in [-0.39, 0.29) is 0 Å². The Labute approximate surface area is 187 Å². The number of ether oxygens (including phenoxy) is 4. The van der Waals surface area contributed by atoms with Crippen molar-refractivity contribution in [1.82, 2.24) is 0 Å². The molecule has 0 saturated heterocycles. The van der Waals surface area contributed by atoms with Crippen LogP contribution in [0.15, 0.2) is 84.9 Å². The van der Waals surface area contributed by atoms with Crippen LogP contribution in [0, 0.1) is 0 Å². The van der Waals surface area contributed by atoms with E-state index >= 15 is 0 Å². The lowest BCUT2D eigenvalue weighted by Gasteiger charge is -2.37. The second kappa shape index (κ2) is 7.97. The fraction of sp³-hybridized carbons (Fsp3) is 0.143. The van der Waals surface area contributed by atoms with Gasteiger partial charge in [0.1, 0.15) is 23.0 Å². The summed E-state index contributed by atoms with van der Waals surface area (Å²) in [5.41, 5.74) is 2.19. The average molecular weight is 424 g/mol. The summed E-state index contributed by atoms with van der Waals surface area (Å²) in [5, 5.41) is 2.03. The van der Waals surface area contributed by atoms with Crippen LogP contribution in [-0.4, -0.2) is 21.3 Å². The molecule has 1 aliphatic heterocycles. The summed E-state index contributed by atoms with van der Waals surface area (Å²) < 4.78 is 23.3. The molecule has 0 bridgehead atoms. The number of hydrogen-bond acceptors (Lipinski definition) is 4. The second-order valence-corrected chi connectivity index (χ2v) is 7.67. The molecule has 0 fully saturated rings. The first kappa shape index (κ1) is 20.0. The zero-order chi connectivity index (χ0) is 22.1. The maximum Gasteiger partial charge on any atom is 0.178 e. The molecule has 0 radical (unpaired) electrons. The van der Waals surface area contributed by atoms with E-state index in [0.29, 0.717) is 0 Å². The molecule has 4 aromatic rings. The van der Waals surface area contributed by atoms with E-state index in [4.69, 9.17) is 18.9 Å². The van der Waals surface area contributed by atoms with Gasteiger partial charge in [-0.25, -0.2) is 0 Å². The van der Waals surface area contributed by atoms with Crippen LogP contribution in [0.1, 0.15) is 16.7 Å². The Hall–Kier alpha value is -3.92. The summed E-state index contributed by atoms with van der Waals surface area (Å²) in [4.78, 5) is 0. The molecule has 0 N–H and O–H groups in total. The first-order valence-electron chi connectivity index (χ1n) is 10.5. The van der Waals surface area contributed by atoms with Gasteiger partial charge >= 0.3 is 0 Å². The number of hydrogen-bond donors (Lipinski definition) is 0. The molecule has 5 rings (SSSR count). The zero-order valence-electron chi connectivity index (χ0n) is 18.3. The van der Waals surface area contributed by atoms with E-state index in [1.165, 1.54) is 0 Å². The van der Waals surface area contributed by atoms with Gasteiger partial charge in [-0.05, 0) is 36.4 Å². The van der Waals surface area contributed by atoms with Crippen molar-refractivity contribution in [1.29, 1.82) is 0 Å². The largest absolute Gasteiger partial charge is 0.497 e. The molecular weight excluding hydrogens is 400 g/mol. The van der Waals surface area contributed by atoms with Gasteiger partial charge in [0.25, 0.3) is 0 Å². The maximum atomic E-state index is 6.93. The van der Waals surface area contributed by atoms with Crippen LogP contribution in [0.3, 0.4) is 0 Å². The van der Waals surface area contributed by atoms with Crippen LogP contribution in [0.5, 0.6) is 23.0 Å². The Morgan fingerprint density at radius 2 is 1.22 bits per heavy atom. The highest BCUT2D eigenvalue weighted by Gasteiger charge is 2.38. The number of methoxy groups -OCH3 is 3. The van der Waals surface area contributed by atoms with Crippen LogP contribution >= 0.6 is 0 Å². The van der Waals surface area contributed by atoms with Gasteiger partial charge in [0, 0.05) is 27.5 Å². The number of fused-ring (bicyclic) bond motifs is 3. The molecule has 0 amide bonds. The van der Waals surface area contributed by atoms with E-state index in [9.17, 15) is 0 Å². The lowest BCUT2D eigenvalue weighted by molar-refractivity contribution is 0.163. The molecule has 1 heterocycles. The van der Waals surface area contributed by atoms with E-state index < -0.39 is 5.60 Å². The van der Waals surface area contributed by atoms with Crippen molar-refractivity contribution in [3.05, 3.63) is 102 Å². The first-order chi connectivity index (χ1) is 15.7. The molecular formula is C28H24O4. The highest BCUT2D eigenvalue weighted by atomic mass is 16.5. The van der Waals surface area contributed by atoms with Crippen molar-refractivity contribution in [2.24, 2.45) is 0 Å². The van der Waals surface area contributed by atoms with Gasteiger partial charge in [-0.1, -0.05) is 54.6 Å². The van der Waals surface area contributed by atoms with Gasteiger partial charge in [-0.15, -0.1) is 0 Å². The van der Waals surface area contributed by atoms with Crippen LogP contribution in [-0.2, 0) is 5.60 Å². The third-order valence-electron chi connectivity index (χ3n) is 6.00. The minimum Gasteiger partial charge on any atom is -0.497 e. The van der Waals surface area contributed by atoms with Crippen molar-refractivity contribution < 1.29 is 18.9 Å². The molecule has 4 aromatic carbocycles. The lowest BCUT2D eigenvalue weighted by Crippen LogP contribution is -2.34. The second-order valence-electron chi connectivity index (χ2n) is 7.67. The van der Waals surface area contributed by atoms with E-state index in [0.717, 1.165) is 50.5 Å². The van der Waals surface area contributed by atoms with Crippen LogP contribution in [0.25, 0.3) is 16.8 Å². The normalized spacial score (nSPS) is 13.8. The summed E-state index contributed by atoms with van der Waals surface area (Å²) in [6, 6.07) is 26.2. The molecule has 1 aliphatic rings. The van der Waals surface area contributed by atoms with Crippen LogP contribution in [0.2, 0.25) is 0 Å².